The summed E-state index contributed by atoms with van der Waals surface area (Å²) in [5.74, 6) is 0.558. The van der Waals surface area contributed by atoms with Crippen LogP contribution in [0, 0.1) is 13.8 Å². The van der Waals surface area contributed by atoms with Crippen LogP contribution < -0.4 is 10.2 Å². The van der Waals surface area contributed by atoms with Crippen molar-refractivity contribution in [2.24, 2.45) is 0 Å². The number of benzene rings is 2. The Morgan fingerprint density at radius 2 is 1.62 bits per heavy atom. The van der Waals surface area contributed by atoms with E-state index in [-0.39, 0.29) is 6.03 Å². The van der Waals surface area contributed by atoms with E-state index in [1.807, 2.05) is 19.0 Å². The third kappa shape index (κ3) is 4.01. The molecule has 1 fully saturated rings. The van der Waals surface area contributed by atoms with Gasteiger partial charge in [0.2, 0.25) is 0 Å². The molecule has 0 aliphatic carbocycles. The Labute approximate surface area is 156 Å². The van der Waals surface area contributed by atoms with Crippen molar-refractivity contribution in [3.63, 3.8) is 0 Å². The number of likely N-dealkylation sites (tertiary alicyclic amines) is 1. The van der Waals surface area contributed by atoms with Gasteiger partial charge >= 0.3 is 6.03 Å². The molecule has 26 heavy (non-hydrogen) atoms. The van der Waals surface area contributed by atoms with Gasteiger partial charge in [0.15, 0.2) is 0 Å². The molecule has 138 valence electrons. The molecule has 1 saturated heterocycles. The number of hydrogen-bond donors (Lipinski definition) is 1. The number of anilines is 2. The number of aryl methyl sites for hydroxylation is 2. The molecule has 3 rings (SSSR count). The molecule has 4 heteroatoms. The standard InChI is InChI=1S/C22H29N3O/c1-16-14-20(24(3)4)15-17(2)21(16)23-22(26)25-12-10-19(11-13-25)18-8-6-5-7-9-18/h5-9,14-15,19H,10-13H2,1-4H3,(H,23,26). The molecule has 0 aromatic heterocycles. The number of amides is 2. The van der Waals surface area contributed by atoms with Crippen LogP contribution in [-0.4, -0.2) is 38.1 Å². The minimum atomic E-state index is 0.0142. The zero-order chi connectivity index (χ0) is 18.7. The van der Waals surface area contributed by atoms with E-state index in [9.17, 15) is 4.79 Å². The molecule has 0 atom stereocenters. The summed E-state index contributed by atoms with van der Waals surface area (Å²) in [6.07, 6.45) is 2.05. The lowest BCUT2D eigenvalue weighted by atomic mass is 9.90. The van der Waals surface area contributed by atoms with Crippen LogP contribution in [-0.2, 0) is 0 Å². The second-order valence-corrected chi connectivity index (χ2v) is 7.45. The summed E-state index contributed by atoms with van der Waals surface area (Å²) in [6, 6.07) is 14.9. The summed E-state index contributed by atoms with van der Waals surface area (Å²) in [4.78, 5) is 16.8. The summed E-state index contributed by atoms with van der Waals surface area (Å²) in [5, 5.41) is 3.14. The van der Waals surface area contributed by atoms with Crippen molar-refractivity contribution >= 4 is 17.4 Å². The van der Waals surface area contributed by atoms with E-state index < -0.39 is 0 Å². The summed E-state index contributed by atoms with van der Waals surface area (Å²) in [6.45, 7) is 5.72. The van der Waals surface area contributed by atoms with Crippen LogP contribution in [0.2, 0.25) is 0 Å². The van der Waals surface area contributed by atoms with Gasteiger partial charge in [-0.3, -0.25) is 0 Å². The highest BCUT2D eigenvalue weighted by Crippen LogP contribution is 2.29. The van der Waals surface area contributed by atoms with Crippen molar-refractivity contribution in [2.75, 3.05) is 37.4 Å². The van der Waals surface area contributed by atoms with Gasteiger partial charge < -0.3 is 15.1 Å². The molecule has 0 radical (unpaired) electrons. The zero-order valence-electron chi connectivity index (χ0n) is 16.2. The minimum Gasteiger partial charge on any atom is -0.378 e. The van der Waals surface area contributed by atoms with Crippen LogP contribution in [0.1, 0.15) is 35.4 Å². The van der Waals surface area contributed by atoms with Crippen LogP contribution in [0.4, 0.5) is 16.2 Å². The molecule has 1 aliphatic rings. The first kappa shape index (κ1) is 18.3. The number of nitrogens with zero attached hydrogens (tertiary/aromatic N) is 2. The Hall–Kier alpha value is -2.49. The molecule has 0 saturated carbocycles. The summed E-state index contributed by atoms with van der Waals surface area (Å²) in [5.41, 5.74) is 5.67. The molecular formula is C22H29N3O. The summed E-state index contributed by atoms with van der Waals surface area (Å²) < 4.78 is 0. The van der Waals surface area contributed by atoms with Crippen molar-refractivity contribution < 1.29 is 4.79 Å². The molecule has 2 aromatic rings. The van der Waals surface area contributed by atoms with Gasteiger partial charge in [-0.05, 0) is 61.4 Å². The monoisotopic (exact) mass is 351 g/mol. The number of rotatable bonds is 3. The van der Waals surface area contributed by atoms with E-state index in [0.29, 0.717) is 5.92 Å². The number of nitrogens with one attached hydrogen (secondary N) is 1. The molecule has 0 spiro atoms. The predicted molar refractivity (Wildman–Crippen MR) is 109 cm³/mol. The number of piperidine rings is 1. The van der Waals surface area contributed by atoms with Gasteiger partial charge in [0, 0.05) is 38.6 Å². The molecule has 0 unspecified atom stereocenters. The van der Waals surface area contributed by atoms with Crippen molar-refractivity contribution in [3.05, 3.63) is 59.2 Å². The highest BCUT2D eigenvalue weighted by molar-refractivity contribution is 5.91. The van der Waals surface area contributed by atoms with Gasteiger partial charge in [-0.2, -0.15) is 0 Å². The van der Waals surface area contributed by atoms with Gasteiger partial charge in [-0.1, -0.05) is 30.3 Å². The van der Waals surface area contributed by atoms with E-state index in [1.165, 1.54) is 5.56 Å². The number of hydrogen-bond acceptors (Lipinski definition) is 2. The molecule has 1 N–H and O–H groups in total. The number of urea groups is 1. The quantitative estimate of drug-likeness (QED) is 0.864. The molecule has 4 nitrogen and oxygen atoms in total. The van der Waals surface area contributed by atoms with Gasteiger partial charge in [0.1, 0.15) is 0 Å². The van der Waals surface area contributed by atoms with Crippen LogP contribution >= 0.6 is 0 Å². The zero-order valence-corrected chi connectivity index (χ0v) is 16.2. The van der Waals surface area contributed by atoms with E-state index >= 15 is 0 Å². The van der Waals surface area contributed by atoms with Crippen molar-refractivity contribution in [1.29, 1.82) is 0 Å². The Bertz CT molecular complexity index is 739. The van der Waals surface area contributed by atoms with E-state index in [0.717, 1.165) is 48.4 Å². The van der Waals surface area contributed by atoms with Gasteiger partial charge in [-0.25, -0.2) is 4.79 Å². The lowest BCUT2D eigenvalue weighted by molar-refractivity contribution is 0.194. The van der Waals surface area contributed by atoms with E-state index in [1.54, 1.807) is 0 Å². The van der Waals surface area contributed by atoms with Crippen LogP contribution in [0.15, 0.2) is 42.5 Å². The predicted octanol–water partition coefficient (Wildman–Crippen LogP) is 4.78. The first-order valence-electron chi connectivity index (χ1n) is 9.35. The summed E-state index contributed by atoms with van der Waals surface area (Å²) >= 11 is 0. The van der Waals surface area contributed by atoms with Crippen molar-refractivity contribution in [3.8, 4) is 0 Å². The second kappa shape index (κ2) is 7.81. The Balaban J connectivity index is 1.63. The largest absolute Gasteiger partial charge is 0.378 e. The van der Waals surface area contributed by atoms with Crippen LogP contribution in [0.25, 0.3) is 0 Å². The maximum absolute atomic E-state index is 12.7. The lowest BCUT2D eigenvalue weighted by Gasteiger charge is -2.32. The average molecular weight is 351 g/mol. The first-order valence-corrected chi connectivity index (χ1v) is 9.35. The van der Waals surface area contributed by atoms with Gasteiger partial charge in [-0.15, -0.1) is 0 Å². The highest BCUT2D eigenvalue weighted by atomic mass is 16.2. The average Bonchev–Trinajstić information content (AvgIpc) is 2.65. The maximum atomic E-state index is 12.7. The van der Waals surface area contributed by atoms with Gasteiger partial charge in [0.25, 0.3) is 0 Å². The van der Waals surface area contributed by atoms with Gasteiger partial charge in [0.05, 0.1) is 0 Å². The maximum Gasteiger partial charge on any atom is 0.321 e. The first-order chi connectivity index (χ1) is 12.5. The van der Waals surface area contributed by atoms with Crippen LogP contribution in [0.3, 0.4) is 0 Å². The molecule has 1 heterocycles. The SMILES string of the molecule is Cc1cc(N(C)C)cc(C)c1NC(=O)N1CCC(c2ccccc2)CC1. The molecule has 2 amide bonds. The topological polar surface area (TPSA) is 35.6 Å². The van der Waals surface area contributed by atoms with Crippen LogP contribution in [0.5, 0.6) is 0 Å². The fraction of sp³-hybridized carbons (Fsp3) is 0.409. The molecule has 1 aliphatic heterocycles. The number of carbonyl (C=O) groups is 1. The Kier molecular flexibility index (Phi) is 5.50. The second-order valence-electron chi connectivity index (χ2n) is 7.45. The number of carbonyl (C=O) groups excluding carboxylic acids is 1. The minimum absolute atomic E-state index is 0.0142. The van der Waals surface area contributed by atoms with E-state index in [4.69, 9.17) is 0 Å². The lowest BCUT2D eigenvalue weighted by Crippen LogP contribution is -2.40. The van der Waals surface area contributed by atoms with Crippen molar-refractivity contribution in [1.82, 2.24) is 4.90 Å². The molecule has 0 bridgehead atoms. The van der Waals surface area contributed by atoms with E-state index in [2.05, 4.69) is 66.5 Å². The summed E-state index contributed by atoms with van der Waals surface area (Å²) in [7, 11) is 4.06. The molecular weight excluding hydrogens is 322 g/mol. The Morgan fingerprint density at radius 3 is 2.15 bits per heavy atom. The molecule has 2 aromatic carbocycles. The normalized spacial score (nSPS) is 15.0. The fourth-order valence-electron chi connectivity index (χ4n) is 3.72. The fourth-order valence-corrected chi connectivity index (χ4v) is 3.72. The third-order valence-electron chi connectivity index (χ3n) is 5.32. The Morgan fingerprint density at radius 1 is 1.04 bits per heavy atom. The smallest absolute Gasteiger partial charge is 0.321 e. The highest BCUT2D eigenvalue weighted by Gasteiger charge is 2.24. The third-order valence-corrected chi connectivity index (χ3v) is 5.32. The van der Waals surface area contributed by atoms with Crippen molar-refractivity contribution in [2.45, 2.75) is 32.6 Å².